The zero-order chi connectivity index (χ0) is 20.8. The molecule has 0 spiro atoms. The molecule has 0 bridgehead atoms. The van der Waals surface area contributed by atoms with Gasteiger partial charge in [0.15, 0.2) is 0 Å². The minimum absolute atomic E-state index is 0.174. The molecule has 30 heavy (non-hydrogen) atoms. The van der Waals surface area contributed by atoms with E-state index >= 15 is 0 Å². The molecule has 0 saturated carbocycles. The van der Waals surface area contributed by atoms with Gasteiger partial charge in [0.05, 0.1) is 0 Å². The topological polar surface area (TPSA) is 77.2 Å². The third-order valence-electron chi connectivity index (χ3n) is 4.23. The Kier molecular flexibility index (Phi) is 5.80. The monoisotopic (exact) mass is 403 g/mol. The summed E-state index contributed by atoms with van der Waals surface area (Å²) in [5, 5.41) is 6.65. The van der Waals surface area contributed by atoms with Crippen LogP contribution in [0.2, 0.25) is 0 Å². The Hall–Kier alpha value is -4.00. The summed E-state index contributed by atoms with van der Waals surface area (Å²) in [6, 6.07) is 22.5. The largest absolute Gasteiger partial charge is 0.457 e. The fraction of sp³-hybridized carbons (Fsp3) is 0.0870. The summed E-state index contributed by atoms with van der Waals surface area (Å²) < 4.78 is 24.2. The Morgan fingerprint density at radius 1 is 0.967 bits per heavy atom. The average molecular weight is 403 g/mol. The van der Waals surface area contributed by atoms with Gasteiger partial charge < -0.3 is 14.6 Å². The van der Waals surface area contributed by atoms with Gasteiger partial charge in [-0.3, -0.25) is 4.79 Å². The minimum Gasteiger partial charge on any atom is -0.457 e. The highest BCUT2D eigenvalue weighted by molar-refractivity contribution is 5.90. The molecule has 1 aromatic heterocycles. The van der Waals surface area contributed by atoms with Crippen molar-refractivity contribution in [3.8, 4) is 22.9 Å². The van der Waals surface area contributed by atoms with Gasteiger partial charge in [0, 0.05) is 24.1 Å². The van der Waals surface area contributed by atoms with Crippen LogP contribution in [0.3, 0.4) is 0 Å². The number of benzene rings is 3. The van der Waals surface area contributed by atoms with Crippen LogP contribution in [0.15, 0.2) is 83.4 Å². The Labute approximate surface area is 172 Å². The molecule has 0 saturated heterocycles. The number of hydrogen-bond donors (Lipinski definition) is 1. The Morgan fingerprint density at radius 3 is 2.50 bits per heavy atom. The van der Waals surface area contributed by atoms with Crippen LogP contribution in [0.5, 0.6) is 11.5 Å². The first kappa shape index (κ1) is 19.3. The predicted octanol–water partition coefficient (Wildman–Crippen LogP) is 5.24. The zero-order valence-electron chi connectivity index (χ0n) is 15.9. The second-order valence-corrected chi connectivity index (χ2v) is 6.51. The lowest BCUT2D eigenvalue weighted by molar-refractivity contribution is -0.116. The summed E-state index contributed by atoms with van der Waals surface area (Å²) in [6.45, 7) is 0. The first-order chi connectivity index (χ1) is 14.7. The number of ether oxygens (including phenoxy) is 1. The van der Waals surface area contributed by atoms with Crippen molar-refractivity contribution >= 4 is 11.6 Å². The summed E-state index contributed by atoms with van der Waals surface area (Å²) in [7, 11) is 0. The fourth-order valence-corrected chi connectivity index (χ4v) is 2.78. The number of amides is 1. The molecule has 0 aliphatic rings. The van der Waals surface area contributed by atoms with Gasteiger partial charge in [-0.05, 0) is 48.5 Å². The smallest absolute Gasteiger partial charge is 0.227 e. The summed E-state index contributed by atoms with van der Waals surface area (Å²) in [5.41, 5.74) is 1.18. The van der Waals surface area contributed by atoms with Crippen LogP contribution in [0.25, 0.3) is 11.4 Å². The number of anilines is 1. The molecule has 4 aromatic rings. The molecule has 4 rings (SSSR count). The molecule has 1 amide bonds. The summed E-state index contributed by atoms with van der Waals surface area (Å²) in [5.74, 6) is 1.46. The van der Waals surface area contributed by atoms with Gasteiger partial charge in [0.2, 0.25) is 17.6 Å². The highest BCUT2D eigenvalue weighted by Crippen LogP contribution is 2.23. The number of aryl methyl sites for hydroxylation is 1. The molecule has 0 atom stereocenters. The number of halogens is 1. The lowest BCUT2D eigenvalue weighted by atomic mass is 10.2. The molecule has 1 N–H and O–H groups in total. The molecular formula is C23H18FN3O3. The maximum atomic E-state index is 13.3. The van der Waals surface area contributed by atoms with Crippen molar-refractivity contribution in [1.82, 2.24) is 10.1 Å². The third-order valence-corrected chi connectivity index (χ3v) is 4.23. The molecule has 0 fully saturated rings. The van der Waals surface area contributed by atoms with Crippen LogP contribution >= 0.6 is 0 Å². The van der Waals surface area contributed by atoms with Gasteiger partial charge in [-0.15, -0.1) is 0 Å². The Balaban J connectivity index is 1.29. The van der Waals surface area contributed by atoms with Crippen LogP contribution in [0.1, 0.15) is 12.3 Å². The summed E-state index contributed by atoms with van der Waals surface area (Å²) in [6.07, 6.45) is 0.455. The fourth-order valence-electron chi connectivity index (χ4n) is 2.78. The lowest BCUT2D eigenvalue weighted by Gasteiger charge is -2.07. The van der Waals surface area contributed by atoms with Crippen molar-refractivity contribution in [2.45, 2.75) is 12.8 Å². The van der Waals surface area contributed by atoms with Gasteiger partial charge in [-0.2, -0.15) is 4.98 Å². The van der Waals surface area contributed by atoms with Crippen LogP contribution < -0.4 is 10.1 Å². The average Bonchev–Trinajstić information content (AvgIpc) is 3.24. The van der Waals surface area contributed by atoms with E-state index in [-0.39, 0.29) is 24.6 Å². The number of nitrogens with one attached hydrogen (secondary N) is 1. The van der Waals surface area contributed by atoms with Crippen LogP contribution in [-0.4, -0.2) is 16.0 Å². The van der Waals surface area contributed by atoms with E-state index in [1.165, 1.54) is 12.1 Å². The molecule has 0 unspecified atom stereocenters. The summed E-state index contributed by atoms with van der Waals surface area (Å²) in [4.78, 5) is 16.4. The van der Waals surface area contributed by atoms with E-state index in [1.807, 2.05) is 30.3 Å². The van der Waals surface area contributed by atoms with Crippen LogP contribution in [-0.2, 0) is 11.2 Å². The first-order valence-electron chi connectivity index (χ1n) is 9.37. The maximum absolute atomic E-state index is 13.3. The molecule has 0 radical (unpaired) electrons. The van der Waals surface area contributed by atoms with E-state index in [0.717, 1.165) is 5.75 Å². The lowest BCUT2D eigenvalue weighted by Crippen LogP contribution is -2.12. The second kappa shape index (κ2) is 9.00. The normalized spacial score (nSPS) is 10.6. The Morgan fingerprint density at radius 2 is 1.73 bits per heavy atom. The van der Waals surface area contributed by atoms with Crippen molar-refractivity contribution < 1.29 is 18.4 Å². The van der Waals surface area contributed by atoms with Gasteiger partial charge in [0.25, 0.3) is 0 Å². The highest BCUT2D eigenvalue weighted by atomic mass is 19.1. The van der Waals surface area contributed by atoms with E-state index < -0.39 is 0 Å². The second-order valence-electron chi connectivity index (χ2n) is 6.51. The van der Waals surface area contributed by atoms with Gasteiger partial charge in [-0.25, -0.2) is 4.39 Å². The van der Waals surface area contributed by atoms with E-state index in [1.54, 1.807) is 36.4 Å². The van der Waals surface area contributed by atoms with Gasteiger partial charge >= 0.3 is 0 Å². The molecule has 6 nitrogen and oxygen atoms in total. The van der Waals surface area contributed by atoms with Gasteiger partial charge in [0.1, 0.15) is 17.3 Å². The van der Waals surface area contributed by atoms with Crippen LogP contribution in [0.4, 0.5) is 10.1 Å². The number of nitrogens with zero attached hydrogens (tertiary/aromatic N) is 2. The standard InChI is InChI=1S/C23H18FN3O3/c24-17-6-4-5-16(15-17)23-26-22(30-27-23)14-13-21(28)25-18-9-11-20(12-10-18)29-19-7-2-1-3-8-19/h1-12,15H,13-14H2,(H,25,28). The number of carbonyl (C=O) groups is 1. The van der Waals surface area contributed by atoms with E-state index in [9.17, 15) is 9.18 Å². The number of hydrogen-bond acceptors (Lipinski definition) is 5. The SMILES string of the molecule is O=C(CCc1nc(-c2cccc(F)c2)no1)Nc1ccc(Oc2ccccc2)cc1. The first-order valence-corrected chi connectivity index (χ1v) is 9.37. The molecule has 0 aliphatic carbocycles. The van der Waals surface area contributed by atoms with E-state index in [4.69, 9.17) is 9.26 Å². The number of carbonyl (C=O) groups excluding carboxylic acids is 1. The summed E-state index contributed by atoms with van der Waals surface area (Å²) >= 11 is 0. The minimum atomic E-state index is -0.376. The van der Waals surface area contributed by atoms with E-state index in [2.05, 4.69) is 15.5 Å². The molecule has 3 aromatic carbocycles. The molecule has 0 aliphatic heterocycles. The van der Waals surface area contributed by atoms with Crippen LogP contribution in [0, 0.1) is 5.82 Å². The predicted molar refractivity (Wildman–Crippen MR) is 110 cm³/mol. The zero-order valence-corrected chi connectivity index (χ0v) is 15.9. The van der Waals surface area contributed by atoms with Crippen molar-refractivity contribution in [2.75, 3.05) is 5.32 Å². The molecular weight excluding hydrogens is 385 g/mol. The van der Waals surface area contributed by atoms with Crippen molar-refractivity contribution in [3.63, 3.8) is 0 Å². The molecule has 1 heterocycles. The Bertz CT molecular complexity index is 1130. The molecule has 150 valence electrons. The van der Waals surface area contributed by atoms with Crippen molar-refractivity contribution in [1.29, 1.82) is 0 Å². The number of rotatable bonds is 7. The van der Waals surface area contributed by atoms with E-state index in [0.29, 0.717) is 28.7 Å². The third kappa shape index (κ3) is 5.08. The van der Waals surface area contributed by atoms with Gasteiger partial charge in [-0.1, -0.05) is 35.5 Å². The van der Waals surface area contributed by atoms with Crippen molar-refractivity contribution in [2.24, 2.45) is 0 Å². The highest BCUT2D eigenvalue weighted by Gasteiger charge is 2.11. The van der Waals surface area contributed by atoms with Crippen molar-refractivity contribution in [3.05, 3.63) is 90.6 Å². The number of para-hydroxylation sites is 1. The number of aromatic nitrogens is 2. The maximum Gasteiger partial charge on any atom is 0.227 e. The quantitative estimate of drug-likeness (QED) is 0.457. The molecule has 7 heteroatoms.